The van der Waals surface area contributed by atoms with Crippen molar-refractivity contribution in [2.45, 2.75) is 13.8 Å². The third-order valence-electron chi connectivity index (χ3n) is 4.56. The number of ether oxygens (including phenoxy) is 1. The van der Waals surface area contributed by atoms with Gasteiger partial charge in [0.1, 0.15) is 18.2 Å². The molecule has 3 N–H and O–H groups in total. The monoisotopic (exact) mass is 406 g/mol. The lowest BCUT2D eigenvalue weighted by Gasteiger charge is -2.19. The summed E-state index contributed by atoms with van der Waals surface area (Å²) in [5, 5.41) is 5.27. The van der Waals surface area contributed by atoms with E-state index >= 15 is 0 Å². The summed E-state index contributed by atoms with van der Waals surface area (Å²) in [6.07, 6.45) is 0. The molecule has 2 aromatic rings. The molecule has 1 unspecified atom stereocenters. The van der Waals surface area contributed by atoms with E-state index in [1.807, 2.05) is 32.0 Å². The van der Waals surface area contributed by atoms with Crippen LogP contribution in [0.2, 0.25) is 0 Å². The Hall–Kier alpha value is -2.84. The van der Waals surface area contributed by atoms with Gasteiger partial charge in [0.05, 0.1) is 12.3 Å². The van der Waals surface area contributed by atoms with Crippen molar-refractivity contribution < 1.29 is 28.0 Å². The van der Waals surface area contributed by atoms with Crippen LogP contribution in [0.5, 0.6) is 0 Å². The van der Waals surface area contributed by atoms with E-state index in [1.54, 1.807) is 0 Å². The first-order valence-electron chi connectivity index (χ1n) is 9.23. The van der Waals surface area contributed by atoms with Crippen LogP contribution in [0.25, 0.3) is 0 Å². The standard InChI is InChI=1S/C21H25F2N3O3/c1-14-5-4-6-18(15(14)2)24-20(27)12-26(9-10-29-3)13-21(28)25-19-8-7-16(22)11-17(19)23/h4-8,11H,9-10,12-13H2,1-3H3,(H,24,27)(H,25,28)/p+1. The second kappa shape index (κ2) is 10.6. The maximum atomic E-state index is 13.7. The second-order valence-electron chi connectivity index (χ2n) is 6.81. The Morgan fingerprint density at radius 1 is 1.00 bits per heavy atom. The van der Waals surface area contributed by atoms with Gasteiger partial charge in [0.15, 0.2) is 13.1 Å². The Kier molecular flexibility index (Phi) is 8.23. The zero-order valence-electron chi connectivity index (χ0n) is 16.8. The molecular formula is C21H26F2N3O3+. The van der Waals surface area contributed by atoms with Gasteiger partial charge >= 0.3 is 0 Å². The highest BCUT2D eigenvalue weighted by Gasteiger charge is 2.20. The fraction of sp³-hybridized carbons (Fsp3) is 0.333. The number of quaternary nitrogens is 1. The van der Waals surface area contributed by atoms with Gasteiger partial charge in [0, 0.05) is 18.9 Å². The molecule has 0 fully saturated rings. The first kappa shape index (κ1) is 22.4. The van der Waals surface area contributed by atoms with Crippen molar-refractivity contribution in [3.63, 3.8) is 0 Å². The zero-order valence-corrected chi connectivity index (χ0v) is 16.8. The van der Waals surface area contributed by atoms with E-state index in [0.717, 1.165) is 28.9 Å². The van der Waals surface area contributed by atoms with E-state index in [0.29, 0.717) is 24.1 Å². The smallest absolute Gasteiger partial charge is 0.279 e. The lowest BCUT2D eigenvalue weighted by atomic mass is 10.1. The number of halogens is 2. The van der Waals surface area contributed by atoms with E-state index in [9.17, 15) is 18.4 Å². The predicted octanol–water partition coefficient (Wildman–Crippen LogP) is 1.69. The van der Waals surface area contributed by atoms with Crippen molar-refractivity contribution in [1.82, 2.24) is 0 Å². The maximum Gasteiger partial charge on any atom is 0.279 e. The van der Waals surface area contributed by atoms with Crippen molar-refractivity contribution in [2.24, 2.45) is 0 Å². The summed E-state index contributed by atoms with van der Waals surface area (Å²) in [5.41, 5.74) is 2.65. The highest BCUT2D eigenvalue weighted by molar-refractivity contribution is 5.93. The molecule has 29 heavy (non-hydrogen) atoms. The van der Waals surface area contributed by atoms with Crippen molar-refractivity contribution in [3.05, 3.63) is 59.2 Å². The summed E-state index contributed by atoms with van der Waals surface area (Å²) in [5.74, 6) is -2.31. The lowest BCUT2D eigenvalue weighted by molar-refractivity contribution is -0.883. The third kappa shape index (κ3) is 6.92. The molecule has 0 aromatic heterocycles. The van der Waals surface area contributed by atoms with Crippen LogP contribution >= 0.6 is 0 Å². The molecule has 8 heteroatoms. The molecule has 2 aromatic carbocycles. The first-order valence-corrected chi connectivity index (χ1v) is 9.23. The third-order valence-corrected chi connectivity index (χ3v) is 4.56. The molecule has 0 saturated carbocycles. The van der Waals surface area contributed by atoms with Crippen molar-refractivity contribution >= 4 is 23.2 Å². The van der Waals surface area contributed by atoms with Crippen molar-refractivity contribution in [3.8, 4) is 0 Å². The topological polar surface area (TPSA) is 71.9 Å². The van der Waals surface area contributed by atoms with Gasteiger partial charge in [-0.3, -0.25) is 9.59 Å². The largest absolute Gasteiger partial charge is 0.379 e. The zero-order chi connectivity index (χ0) is 21.4. The molecule has 0 aliphatic carbocycles. The van der Waals surface area contributed by atoms with Crippen LogP contribution < -0.4 is 15.5 Å². The molecule has 0 aliphatic heterocycles. The SMILES string of the molecule is COCC[NH+](CC(=O)Nc1ccc(F)cc1F)CC(=O)Nc1cccc(C)c1C. The van der Waals surface area contributed by atoms with Gasteiger partial charge in [-0.15, -0.1) is 0 Å². The molecular weight excluding hydrogens is 380 g/mol. The van der Waals surface area contributed by atoms with E-state index in [1.165, 1.54) is 7.11 Å². The molecule has 0 spiro atoms. The molecule has 0 radical (unpaired) electrons. The Balaban J connectivity index is 1.99. The normalized spacial score (nSPS) is 11.8. The summed E-state index contributed by atoms with van der Waals surface area (Å²) in [6, 6.07) is 8.55. The van der Waals surface area contributed by atoms with Crippen LogP contribution in [0, 0.1) is 25.5 Å². The Morgan fingerprint density at radius 2 is 1.66 bits per heavy atom. The van der Waals surface area contributed by atoms with Crippen LogP contribution in [0.15, 0.2) is 36.4 Å². The highest BCUT2D eigenvalue weighted by Crippen LogP contribution is 2.17. The van der Waals surface area contributed by atoms with Gasteiger partial charge in [0.2, 0.25) is 0 Å². The Labute approximate surface area is 168 Å². The number of anilines is 2. The number of carbonyl (C=O) groups excluding carboxylic acids is 2. The molecule has 6 nitrogen and oxygen atoms in total. The molecule has 0 aliphatic rings. The van der Waals surface area contributed by atoms with Gasteiger partial charge in [-0.2, -0.15) is 0 Å². The number of rotatable bonds is 9. The van der Waals surface area contributed by atoms with Gasteiger partial charge in [-0.05, 0) is 43.2 Å². The minimum atomic E-state index is -0.857. The Bertz CT molecular complexity index is 874. The molecule has 2 rings (SSSR count). The van der Waals surface area contributed by atoms with E-state index in [4.69, 9.17) is 4.74 Å². The minimum absolute atomic E-state index is 0.0378. The number of benzene rings is 2. The average molecular weight is 406 g/mol. The predicted molar refractivity (Wildman–Crippen MR) is 107 cm³/mol. The van der Waals surface area contributed by atoms with Gasteiger partial charge < -0.3 is 20.3 Å². The summed E-state index contributed by atoms with van der Waals surface area (Å²) in [6.45, 7) is 4.61. The number of hydrogen-bond donors (Lipinski definition) is 3. The van der Waals surface area contributed by atoms with Crippen molar-refractivity contribution in [1.29, 1.82) is 0 Å². The molecule has 2 amide bonds. The molecule has 156 valence electrons. The lowest BCUT2D eigenvalue weighted by Crippen LogP contribution is -3.14. The number of hydrogen-bond acceptors (Lipinski definition) is 3. The van der Waals surface area contributed by atoms with E-state index in [-0.39, 0.29) is 24.7 Å². The molecule has 0 heterocycles. The molecule has 1 atom stereocenters. The quantitative estimate of drug-likeness (QED) is 0.594. The van der Waals surface area contributed by atoms with Crippen molar-refractivity contribution in [2.75, 3.05) is 44.0 Å². The first-order chi connectivity index (χ1) is 13.8. The minimum Gasteiger partial charge on any atom is -0.379 e. The second-order valence-corrected chi connectivity index (χ2v) is 6.81. The number of nitrogens with one attached hydrogen (secondary N) is 3. The van der Waals surface area contributed by atoms with Gasteiger partial charge in [-0.1, -0.05) is 12.1 Å². The van der Waals surface area contributed by atoms with Crippen LogP contribution in [-0.2, 0) is 14.3 Å². The van der Waals surface area contributed by atoms with Crippen LogP contribution in [0.3, 0.4) is 0 Å². The van der Waals surface area contributed by atoms with Gasteiger partial charge in [-0.25, -0.2) is 8.78 Å². The van der Waals surface area contributed by atoms with Gasteiger partial charge in [0.25, 0.3) is 11.8 Å². The summed E-state index contributed by atoms with van der Waals surface area (Å²) in [4.78, 5) is 25.4. The molecule has 0 bridgehead atoms. The fourth-order valence-electron chi connectivity index (χ4n) is 2.81. The van der Waals surface area contributed by atoms with Crippen LogP contribution in [0.1, 0.15) is 11.1 Å². The Morgan fingerprint density at radius 3 is 2.28 bits per heavy atom. The fourth-order valence-corrected chi connectivity index (χ4v) is 2.81. The van der Waals surface area contributed by atoms with Crippen LogP contribution in [-0.4, -0.2) is 45.2 Å². The number of methoxy groups -OCH3 is 1. The number of carbonyl (C=O) groups is 2. The molecule has 0 saturated heterocycles. The number of aryl methyl sites for hydroxylation is 1. The average Bonchev–Trinajstić information content (AvgIpc) is 2.65. The highest BCUT2D eigenvalue weighted by atomic mass is 19.1. The van der Waals surface area contributed by atoms with E-state index < -0.39 is 17.5 Å². The number of amides is 2. The van der Waals surface area contributed by atoms with Crippen LogP contribution in [0.4, 0.5) is 20.2 Å². The summed E-state index contributed by atoms with van der Waals surface area (Å²) < 4.78 is 31.8. The maximum absolute atomic E-state index is 13.7. The summed E-state index contributed by atoms with van der Waals surface area (Å²) >= 11 is 0. The summed E-state index contributed by atoms with van der Waals surface area (Å²) in [7, 11) is 1.53. The van der Waals surface area contributed by atoms with E-state index in [2.05, 4.69) is 10.6 Å².